The van der Waals surface area contributed by atoms with E-state index in [9.17, 15) is 14.9 Å². The Morgan fingerprint density at radius 2 is 2.04 bits per heavy atom. The van der Waals surface area contributed by atoms with Crippen molar-refractivity contribution in [1.29, 1.82) is 0 Å². The van der Waals surface area contributed by atoms with Crippen LogP contribution < -0.4 is 14.9 Å². The second kappa shape index (κ2) is 9.13. The zero-order valence-electron chi connectivity index (χ0n) is 14.1. The van der Waals surface area contributed by atoms with Crippen molar-refractivity contribution < 1.29 is 19.2 Å². The van der Waals surface area contributed by atoms with Crippen molar-refractivity contribution in [1.82, 2.24) is 0 Å². The lowest BCUT2D eigenvalue weighted by Gasteiger charge is -2.12. The van der Waals surface area contributed by atoms with Gasteiger partial charge in [0.05, 0.1) is 27.0 Å². The molecule has 0 saturated carbocycles. The molecule has 2 rings (SSSR count). The maximum Gasteiger partial charge on any atom is 0.308 e. The van der Waals surface area contributed by atoms with Gasteiger partial charge in [-0.2, -0.15) is 5.10 Å². The summed E-state index contributed by atoms with van der Waals surface area (Å²) in [4.78, 5) is 21.4. The van der Waals surface area contributed by atoms with Crippen LogP contribution in [0.25, 0.3) is 0 Å². The Balaban J connectivity index is 2.16. The number of nitrogens with one attached hydrogen (secondary N) is 1. The van der Waals surface area contributed by atoms with E-state index >= 15 is 0 Å². The third kappa shape index (κ3) is 5.41. The minimum atomic E-state index is -0.463. The minimum Gasteiger partial charge on any atom is -0.490 e. The summed E-state index contributed by atoms with van der Waals surface area (Å²) in [6.45, 7) is 3.59. The first-order chi connectivity index (χ1) is 12.4. The summed E-state index contributed by atoms with van der Waals surface area (Å²) in [5, 5.41) is 14.7. The molecule has 0 fully saturated rings. The highest BCUT2D eigenvalue weighted by atomic mass is 127. The normalized spacial score (nSPS) is 10.6. The Labute approximate surface area is 163 Å². The first-order valence-electron chi connectivity index (χ1n) is 7.59. The summed E-state index contributed by atoms with van der Waals surface area (Å²) >= 11 is 2.05. The molecule has 0 aliphatic carbocycles. The molecule has 2 aromatic carbocycles. The highest BCUT2D eigenvalue weighted by molar-refractivity contribution is 14.1. The average molecular weight is 469 g/mol. The van der Waals surface area contributed by atoms with Gasteiger partial charge in [-0.05, 0) is 59.3 Å². The van der Waals surface area contributed by atoms with Crippen LogP contribution in [-0.2, 0) is 4.79 Å². The number of hydrazone groups is 1. The van der Waals surface area contributed by atoms with Crippen LogP contribution in [-0.4, -0.2) is 23.7 Å². The van der Waals surface area contributed by atoms with Gasteiger partial charge in [-0.3, -0.25) is 20.3 Å². The standard InChI is InChI=1S/C17H16IN3O5/c1-3-25-16-9-12(8-15(18)17(16)26-11(2)22)10-19-20-13-4-6-14(7-5-13)21(23)24/h4-10,20H,3H2,1-2H3. The molecule has 0 radical (unpaired) electrons. The molecule has 0 amide bonds. The number of anilines is 1. The Morgan fingerprint density at radius 3 is 2.62 bits per heavy atom. The molecule has 1 N–H and O–H groups in total. The maximum atomic E-state index is 11.2. The van der Waals surface area contributed by atoms with E-state index in [1.54, 1.807) is 30.5 Å². The van der Waals surface area contributed by atoms with Crippen LogP contribution in [0.1, 0.15) is 19.4 Å². The molecule has 136 valence electrons. The van der Waals surface area contributed by atoms with Gasteiger partial charge < -0.3 is 9.47 Å². The van der Waals surface area contributed by atoms with Crippen molar-refractivity contribution in [3.05, 3.63) is 55.6 Å². The summed E-state index contributed by atoms with van der Waals surface area (Å²) in [5.41, 5.74) is 4.16. The average Bonchev–Trinajstić information content (AvgIpc) is 2.58. The monoisotopic (exact) mass is 469 g/mol. The summed E-state index contributed by atoms with van der Waals surface area (Å²) in [7, 11) is 0. The number of esters is 1. The van der Waals surface area contributed by atoms with Crippen LogP contribution in [0, 0.1) is 13.7 Å². The molecule has 2 aromatic rings. The fourth-order valence-electron chi connectivity index (χ4n) is 2.01. The summed E-state index contributed by atoms with van der Waals surface area (Å²) < 4.78 is 11.4. The lowest BCUT2D eigenvalue weighted by atomic mass is 10.2. The van der Waals surface area contributed by atoms with Gasteiger partial charge in [-0.15, -0.1) is 0 Å². The number of nitrogens with zero attached hydrogens (tertiary/aromatic N) is 2. The van der Waals surface area contributed by atoms with Gasteiger partial charge in [0, 0.05) is 19.1 Å². The molecule has 9 heteroatoms. The summed E-state index contributed by atoms with van der Waals surface area (Å²) in [6, 6.07) is 9.42. The second-order valence-corrected chi connectivity index (χ2v) is 6.19. The lowest BCUT2D eigenvalue weighted by molar-refractivity contribution is -0.384. The van der Waals surface area contributed by atoms with E-state index < -0.39 is 10.9 Å². The molecule has 0 atom stereocenters. The number of hydrogen-bond acceptors (Lipinski definition) is 7. The van der Waals surface area contributed by atoms with Crippen LogP contribution in [0.5, 0.6) is 11.5 Å². The Kier molecular flexibility index (Phi) is 6.89. The highest BCUT2D eigenvalue weighted by Gasteiger charge is 2.13. The Bertz CT molecular complexity index is 837. The highest BCUT2D eigenvalue weighted by Crippen LogP contribution is 2.34. The van der Waals surface area contributed by atoms with E-state index in [2.05, 4.69) is 33.1 Å². The number of hydrogen-bond donors (Lipinski definition) is 1. The van der Waals surface area contributed by atoms with Crippen LogP contribution >= 0.6 is 22.6 Å². The molecule has 26 heavy (non-hydrogen) atoms. The number of non-ortho nitro benzene ring substituents is 1. The van der Waals surface area contributed by atoms with Gasteiger partial charge in [-0.25, -0.2) is 0 Å². The van der Waals surface area contributed by atoms with E-state index in [-0.39, 0.29) is 5.69 Å². The number of carbonyl (C=O) groups is 1. The number of nitro groups is 1. The Hall–Kier alpha value is -2.69. The van der Waals surface area contributed by atoms with Crippen LogP contribution in [0.2, 0.25) is 0 Å². The first-order valence-corrected chi connectivity index (χ1v) is 8.67. The van der Waals surface area contributed by atoms with E-state index in [4.69, 9.17) is 9.47 Å². The van der Waals surface area contributed by atoms with E-state index in [0.29, 0.717) is 27.4 Å². The molecule has 8 nitrogen and oxygen atoms in total. The van der Waals surface area contributed by atoms with Gasteiger partial charge in [0.1, 0.15) is 0 Å². The lowest BCUT2D eigenvalue weighted by Crippen LogP contribution is -2.06. The predicted octanol–water partition coefficient (Wildman–Crippen LogP) is 3.97. The van der Waals surface area contributed by atoms with Crippen molar-refractivity contribution in [2.45, 2.75) is 13.8 Å². The number of ether oxygens (including phenoxy) is 2. The van der Waals surface area contributed by atoms with Crippen molar-refractivity contribution in [2.24, 2.45) is 5.10 Å². The van der Waals surface area contributed by atoms with Gasteiger partial charge in [-0.1, -0.05) is 0 Å². The molecule has 0 spiro atoms. The van der Waals surface area contributed by atoms with Crippen molar-refractivity contribution in [2.75, 3.05) is 12.0 Å². The number of halogens is 1. The van der Waals surface area contributed by atoms with Gasteiger partial charge >= 0.3 is 5.97 Å². The third-order valence-corrected chi connectivity index (χ3v) is 3.86. The quantitative estimate of drug-likeness (QED) is 0.164. The SMILES string of the molecule is CCOc1cc(C=NNc2ccc([N+](=O)[O-])cc2)cc(I)c1OC(C)=O. The van der Waals surface area contributed by atoms with E-state index in [1.807, 2.05) is 6.92 Å². The first kappa shape index (κ1) is 19.6. The minimum absolute atomic E-state index is 0.0106. The van der Waals surface area contributed by atoms with E-state index in [0.717, 1.165) is 5.56 Å². The van der Waals surface area contributed by atoms with E-state index in [1.165, 1.54) is 19.1 Å². The third-order valence-electron chi connectivity index (χ3n) is 3.06. The molecule has 0 saturated heterocycles. The smallest absolute Gasteiger partial charge is 0.308 e. The van der Waals surface area contributed by atoms with Crippen LogP contribution in [0.3, 0.4) is 0 Å². The Morgan fingerprint density at radius 1 is 1.35 bits per heavy atom. The number of nitro benzene ring substituents is 1. The number of carbonyl (C=O) groups excluding carboxylic acids is 1. The zero-order valence-corrected chi connectivity index (χ0v) is 16.2. The molecule has 0 aliphatic rings. The molecule has 0 unspecified atom stereocenters. The maximum absolute atomic E-state index is 11.2. The van der Waals surface area contributed by atoms with Crippen molar-refractivity contribution in [3.8, 4) is 11.5 Å². The topological polar surface area (TPSA) is 103 Å². The molecule has 0 heterocycles. The number of rotatable bonds is 7. The van der Waals surface area contributed by atoms with Gasteiger partial charge in [0.25, 0.3) is 5.69 Å². The molecular formula is C17H16IN3O5. The van der Waals surface area contributed by atoms with Crippen LogP contribution in [0.4, 0.5) is 11.4 Å². The van der Waals surface area contributed by atoms with Crippen molar-refractivity contribution >= 4 is 46.1 Å². The summed E-state index contributed by atoms with van der Waals surface area (Å²) in [5.74, 6) is 0.400. The fraction of sp³-hybridized carbons (Fsp3) is 0.176. The summed E-state index contributed by atoms with van der Waals surface area (Å²) in [6.07, 6.45) is 1.57. The zero-order chi connectivity index (χ0) is 19.1. The largest absolute Gasteiger partial charge is 0.490 e. The molecule has 0 aromatic heterocycles. The predicted molar refractivity (Wildman–Crippen MR) is 106 cm³/mol. The fourth-order valence-corrected chi connectivity index (χ4v) is 2.74. The number of benzene rings is 2. The molecular weight excluding hydrogens is 453 g/mol. The second-order valence-electron chi connectivity index (χ2n) is 5.03. The van der Waals surface area contributed by atoms with Crippen molar-refractivity contribution in [3.63, 3.8) is 0 Å². The molecule has 0 bridgehead atoms. The van der Waals surface area contributed by atoms with Gasteiger partial charge in [0.15, 0.2) is 11.5 Å². The van der Waals surface area contributed by atoms with Crippen LogP contribution in [0.15, 0.2) is 41.5 Å². The molecule has 0 aliphatic heterocycles. The van der Waals surface area contributed by atoms with Gasteiger partial charge in [0.2, 0.25) is 0 Å².